The number of hydrogen-bond donors (Lipinski definition) is 3. The maximum absolute atomic E-state index is 8.77. The average molecular weight is 268 g/mol. The van der Waals surface area contributed by atoms with Crippen LogP contribution in [0.4, 0.5) is 0 Å². The van der Waals surface area contributed by atoms with Gasteiger partial charge in [-0.1, -0.05) is 30.3 Å². The number of rotatable bonds is 3. The third kappa shape index (κ3) is 7.95. The molecule has 1 heterocycles. The molecule has 0 aromatic heterocycles. The molecule has 2 rings (SSSR count). The fourth-order valence-corrected chi connectivity index (χ4v) is 1.92. The largest absolute Gasteiger partial charge is 0.391 e. The first-order valence-electron chi connectivity index (χ1n) is 6.77. The first kappa shape index (κ1) is 16.1. The molecule has 4 nitrogen and oxygen atoms in total. The van der Waals surface area contributed by atoms with Crippen LogP contribution in [-0.2, 0) is 6.54 Å². The molecule has 0 amide bonds. The van der Waals surface area contributed by atoms with Gasteiger partial charge >= 0.3 is 0 Å². The summed E-state index contributed by atoms with van der Waals surface area (Å²) in [5.41, 5.74) is 3.18. The van der Waals surface area contributed by atoms with Crippen LogP contribution in [0.1, 0.15) is 34.2 Å². The molecule has 1 saturated heterocycles. The van der Waals surface area contributed by atoms with E-state index in [2.05, 4.69) is 34.6 Å². The second-order valence-electron chi connectivity index (χ2n) is 6.01. The molecular formula is C15H28N2O2. The highest BCUT2D eigenvalue weighted by Gasteiger charge is 2.21. The Morgan fingerprint density at radius 1 is 1.32 bits per heavy atom. The monoisotopic (exact) mass is 268 g/mol. The second kappa shape index (κ2) is 7.60. The normalized spacial score (nSPS) is 19.9. The number of hydrogen-bond acceptors (Lipinski definition) is 4. The summed E-state index contributed by atoms with van der Waals surface area (Å²) in [6, 6.07) is 10.7. The van der Waals surface area contributed by atoms with Crippen molar-refractivity contribution in [2.45, 2.75) is 45.4 Å². The van der Waals surface area contributed by atoms with Crippen molar-refractivity contribution in [1.29, 1.82) is 0 Å². The highest BCUT2D eigenvalue weighted by Crippen LogP contribution is 2.12. The maximum atomic E-state index is 8.77. The number of likely N-dealkylation sites (tertiary alicyclic amines) is 1. The summed E-state index contributed by atoms with van der Waals surface area (Å²) in [6.45, 7) is 8.21. The van der Waals surface area contributed by atoms with E-state index in [-0.39, 0.29) is 7.47 Å². The Hall–Kier alpha value is -0.940. The minimum Gasteiger partial charge on any atom is -0.391 e. The van der Waals surface area contributed by atoms with Crippen LogP contribution in [0, 0.1) is 0 Å². The van der Waals surface area contributed by atoms with Gasteiger partial charge in [0.15, 0.2) is 0 Å². The minimum atomic E-state index is -0.500. The van der Waals surface area contributed by atoms with E-state index in [4.69, 9.17) is 10.3 Å². The Balaban J connectivity index is 0.000000526. The Kier molecular flexibility index (Phi) is 6.45. The Labute approximate surface area is 117 Å². The zero-order valence-electron chi connectivity index (χ0n) is 12.1. The van der Waals surface area contributed by atoms with Gasteiger partial charge in [-0.25, -0.2) is 5.48 Å². The molecule has 1 aromatic carbocycles. The summed E-state index contributed by atoms with van der Waals surface area (Å²) in [5.74, 6) is 0. The summed E-state index contributed by atoms with van der Waals surface area (Å²) < 4.78 is 0. The van der Waals surface area contributed by atoms with Crippen molar-refractivity contribution < 1.29 is 11.7 Å². The van der Waals surface area contributed by atoms with Gasteiger partial charge in [0, 0.05) is 27.1 Å². The molecule has 1 fully saturated rings. The molecule has 3 N–H and O–H groups in total. The van der Waals surface area contributed by atoms with Gasteiger partial charge in [0.25, 0.3) is 0 Å². The molecule has 19 heavy (non-hydrogen) atoms. The molecule has 0 saturated carbocycles. The standard InChI is InChI=1S/C11H16N2O.C4H10O.H2/c14-12-11-6-7-13(9-11)8-10-4-2-1-3-5-10;1-4(2,3)5;/h1-5,11-12,14H,6-9H2;5H,1-3H3;1H. The lowest BCUT2D eigenvalue weighted by molar-refractivity contribution is 0.102. The summed E-state index contributed by atoms with van der Waals surface area (Å²) >= 11 is 0. The smallest absolute Gasteiger partial charge is 0.0563 e. The van der Waals surface area contributed by atoms with Crippen molar-refractivity contribution in [2.24, 2.45) is 0 Å². The molecule has 4 heteroatoms. The fraction of sp³-hybridized carbons (Fsp3) is 0.600. The molecule has 0 bridgehead atoms. The van der Waals surface area contributed by atoms with Crippen molar-refractivity contribution in [3.63, 3.8) is 0 Å². The molecule has 1 aliphatic rings. The van der Waals surface area contributed by atoms with Crippen molar-refractivity contribution in [2.75, 3.05) is 13.1 Å². The van der Waals surface area contributed by atoms with E-state index in [1.54, 1.807) is 20.8 Å². The number of aliphatic hydroxyl groups is 1. The van der Waals surface area contributed by atoms with E-state index in [0.717, 1.165) is 26.1 Å². The highest BCUT2D eigenvalue weighted by molar-refractivity contribution is 5.14. The van der Waals surface area contributed by atoms with Gasteiger partial charge in [0.05, 0.1) is 5.60 Å². The second-order valence-corrected chi connectivity index (χ2v) is 6.01. The predicted molar refractivity (Wildman–Crippen MR) is 79.1 cm³/mol. The Morgan fingerprint density at radius 3 is 2.37 bits per heavy atom. The van der Waals surface area contributed by atoms with Gasteiger partial charge in [-0.15, -0.1) is 0 Å². The quantitative estimate of drug-likeness (QED) is 0.736. The Morgan fingerprint density at radius 2 is 1.89 bits per heavy atom. The van der Waals surface area contributed by atoms with Crippen LogP contribution in [0.2, 0.25) is 0 Å². The van der Waals surface area contributed by atoms with E-state index < -0.39 is 5.60 Å². The van der Waals surface area contributed by atoms with E-state index >= 15 is 0 Å². The SMILES string of the molecule is CC(C)(C)O.ONC1CCN(Cc2ccccc2)C1.[HH]. The predicted octanol–water partition coefficient (Wildman–Crippen LogP) is 2.26. The third-order valence-electron chi connectivity index (χ3n) is 2.70. The van der Waals surface area contributed by atoms with Crippen LogP contribution in [0.5, 0.6) is 0 Å². The van der Waals surface area contributed by atoms with Crippen LogP contribution >= 0.6 is 0 Å². The van der Waals surface area contributed by atoms with Crippen LogP contribution in [-0.4, -0.2) is 39.9 Å². The maximum Gasteiger partial charge on any atom is 0.0563 e. The average Bonchev–Trinajstić information content (AvgIpc) is 2.76. The van der Waals surface area contributed by atoms with Gasteiger partial charge in [-0.05, 0) is 32.8 Å². The van der Waals surface area contributed by atoms with Crippen molar-refractivity contribution in [3.8, 4) is 0 Å². The van der Waals surface area contributed by atoms with Gasteiger partial charge in [-0.3, -0.25) is 4.90 Å². The van der Waals surface area contributed by atoms with Crippen molar-refractivity contribution in [3.05, 3.63) is 35.9 Å². The molecule has 1 atom stereocenters. The van der Waals surface area contributed by atoms with Crippen LogP contribution in [0.15, 0.2) is 30.3 Å². The lowest BCUT2D eigenvalue weighted by Crippen LogP contribution is -2.29. The van der Waals surface area contributed by atoms with E-state index in [1.165, 1.54) is 5.56 Å². The molecule has 1 aromatic rings. The summed E-state index contributed by atoms with van der Waals surface area (Å²) in [7, 11) is 0. The third-order valence-corrected chi connectivity index (χ3v) is 2.70. The summed E-state index contributed by atoms with van der Waals surface area (Å²) in [4.78, 5) is 2.35. The molecule has 110 valence electrons. The van der Waals surface area contributed by atoms with Gasteiger partial charge < -0.3 is 10.3 Å². The zero-order valence-corrected chi connectivity index (χ0v) is 12.1. The van der Waals surface area contributed by atoms with E-state index in [1.807, 2.05) is 6.07 Å². The lowest BCUT2D eigenvalue weighted by Gasteiger charge is -2.15. The molecule has 1 unspecified atom stereocenters. The molecular weight excluding hydrogens is 240 g/mol. The van der Waals surface area contributed by atoms with Gasteiger partial charge in [0.2, 0.25) is 0 Å². The van der Waals surface area contributed by atoms with Gasteiger partial charge in [-0.2, -0.15) is 0 Å². The molecule has 0 spiro atoms. The molecule has 0 aliphatic carbocycles. The summed E-state index contributed by atoms with van der Waals surface area (Å²) in [6.07, 6.45) is 1.03. The van der Waals surface area contributed by atoms with E-state index in [9.17, 15) is 0 Å². The number of hydroxylamine groups is 1. The number of nitrogens with one attached hydrogen (secondary N) is 1. The number of benzene rings is 1. The van der Waals surface area contributed by atoms with E-state index in [0.29, 0.717) is 0 Å². The lowest BCUT2D eigenvalue weighted by atomic mass is 10.2. The molecule has 1 aliphatic heterocycles. The van der Waals surface area contributed by atoms with Crippen LogP contribution in [0.3, 0.4) is 0 Å². The minimum absolute atomic E-state index is 0. The van der Waals surface area contributed by atoms with Gasteiger partial charge in [0.1, 0.15) is 0 Å². The zero-order chi connectivity index (χ0) is 14.3. The summed E-state index contributed by atoms with van der Waals surface area (Å²) in [5, 5.41) is 17.3. The fourth-order valence-electron chi connectivity index (χ4n) is 1.92. The Bertz CT molecular complexity index is 349. The van der Waals surface area contributed by atoms with Crippen LogP contribution in [0.25, 0.3) is 0 Å². The topological polar surface area (TPSA) is 55.7 Å². The van der Waals surface area contributed by atoms with Crippen LogP contribution < -0.4 is 5.48 Å². The van der Waals surface area contributed by atoms with Crippen molar-refractivity contribution in [1.82, 2.24) is 10.4 Å². The first-order valence-corrected chi connectivity index (χ1v) is 6.77. The molecule has 0 radical (unpaired) electrons. The van der Waals surface area contributed by atoms with Crippen molar-refractivity contribution >= 4 is 0 Å². The first-order chi connectivity index (χ1) is 8.88. The highest BCUT2D eigenvalue weighted by atomic mass is 16.5. The number of nitrogens with zero attached hydrogens (tertiary/aromatic N) is 1.